The van der Waals surface area contributed by atoms with Crippen LogP contribution in [0.5, 0.6) is 0 Å². The molecule has 4 heteroatoms. The number of amides is 2. The van der Waals surface area contributed by atoms with Crippen molar-refractivity contribution in [3.05, 3.63) is 53.6 Å². The molecule has 0 aliphatic heterocycles. The van der Waals surface area contributed by atoms with Gasteiger partial charge in [0.05, 0.1) is 5.56 Å². The Hall–Kier alpha value is -2.75. The van der Waals surface area contributed by atoms with Crippen LogP contribution in [-0.4, -0.2) is 13.1 Å². The predicted molar refractivity (Wildman–Crippen MR) is 89.2 cm³/mol. The van der Waals surface area contributed by atoms with Gasteiger partial charge in [0.25, 0.3) is 0 Å². The van der Waals surface area contributed by atoms with Gasteiger partial charge < -0.3 is 9.73 Å². The average Bonchev–Trinajstić information content (AvgIpc) is 2.85. The smallest absolute Gasteiger partial charge is 0.321 e. The minimum Gasteiger partial charge on any atom is -0.440 e. The largest absolute Gasteiger partial charge is 0.440 e. The second kappa shape index (κ2) is 5.56. The number of nitrogens with one attached hydrogen (secondary N) is 2. The summed E-state index contributed by atoms with van der Waals surface area (Å²) < 4.78 is 5.89. The van der Waals surface area contributed by atoms with E-state index in [0.717, 1.165) is 27.7 Å². The third-order valence-corrected chi connectivity index (χ3v) is 3.82. The Morgan fingerprint density at radius 1 is 1.05 bits per heavy atom. The molecule has 0 radical (unpaired) electrons. The lowest BCUT2D eigenvalue weighted by molar-refractivity contribution is 0.253. The number of hydrogen-bond acceptors (Lipinski definition) is 2. The topological polar surface area (TPSA) is 54.3 Å². The highest BCUT2D eigenvalue weighted by atomic mass is 16.4. The quantitative estimate of drug-likeness (QED) is 0.732. The van der Waals surface area contributed by atoms with E-state index in [1.54, 1.807) is 7.05 Å². The van der Waals surface area contributed by atoms with E-state index in [1.165, 1.54) is 5.56 Å². The Balaban J connectivity index is 2.27. The molecule has 0 spiro atoms. The number of carbonyl (C=O) groups excluding carboxylic acids is 1. The van der Waals surface area contributed by atoms with Gasteiger partial charge in [0.2, 0.25) is 5.88 Å². The van der Waals surface area contributed by atoms with Crippen LogP contribution in [0.2, 0.25) is 0 Å². The number of urea groups is 1. The normalized spacial score (nSPS) is 10.7. The van der Waals surface area contributed by atoms with Crippen molar-refractivity contribution in [2.45, 2.75) is 13.8 Å². The molecule has 0 aliphatic carbocycles. The fourth-order valence-electron chi connectivity index (χ4n) is 2.50. The SMILES string of the molecule is CNC(=O)Nc1oc2cc(C)c(C)cc2c1-c1ccccc1. The van der Waals surface area contributed by atoms with Crippen molar-refractivity contribution in [3.8, 4) is 11.1 Å². The molecule has 2 N–H and O–H groups in total. The lowest BCUT2D eigenvalue weighted by atomic mass is 10.0. The number of furan rings is 1. The lowest BCUT2D eigenvalue weighted by Crippen LogP contribution is -2.24. The molecule has 4 nitrogen and oxygen atoms in total. The molecule has 0 saturated carbocycles. The first-order valence-corrected chi connectivity index (χ1v) is 7.18. The van der Waals surface area contributed by atoms with Gasteiger partial charge in [0.1, 0.15) is 5.58 Å². The fraction of sp³-hybridized carbons (Fsp3) is 0.167. The highest BCUT2D eigenvalue weighted by Crippen LogP contribution is 2.39. The van der Waals surface area contributed by atoms with Gasteiger partial charge in [-0.2, -0.15) is 0 Å². The molecule has 0 unspecified atom stereocenters. The van der Waals surface area contributed by atoms with Crippen LogP contribution >= 0.6 is 0 Å². The average molecular weight is 294 g/mol. The second-order valence-corrected chi connectivity index (χ2v) is 5.31. The van der Waals surface area contributed by atoms with Crippen LogP contribution < -0.4 is 10.6 Å². The number of hydrogen-bond donors (Lipinski definition) is 2. The molecule has 2 aromatic carbocycles. The number of carbonyl (C=O) groups is 1. The zero-order valence-corrected chi connectivity index (χ0v) is 12.9. The van der Waals surface area contributed by atoms with Crippen molar-refractivity contribution >= 4 is 22.9 Å². The first-order valence-electron chi connectivity index (χ1n) is 7.18. The highest BCUT2D eigenvalue weighted by Gasteiger charge is 2.18. The highest BCUT2D eigenvalue weighted by molar-refractivity contribution is 6.04. The monoisotopic (exact) mass is 294 g/mol. The third-order valence-electron chi connectivity index (χ3n) is 3.82. The van der Waals surface area contributed by atoms with E-state index >= 15 is 0 Å². The predicted octanol–water partition coefficient (Wildman–Crippen LogP) is 4.47. The van der Waals surface area contributed by atoms with E-state index in [-0.39, 0.29) is 6.03 Å². The van der Waals surface area contributed by atoms with Gasteiger partial charge in [-0.15, -0.1) is 0 Å². The van der Waals surface area contributed by atoms with Crippen molar-refractivity contribution in [3.63, 3.8) is 0 Å². The van der Waals surface area contributed by atoms with Crippen LogP contribution in [0, 0.1) is 13.8 Å². The van der Waals surface area contributed by atoms with Gasteiger partial charge in [-0.25, -0.2) is 4.79 Å². The van der Waals surface area contributed by atoms with Gasteiger partial charge in [-0.3, -0.25) is 5.32 Å². The summed E-state index contributed by atoms with van der Waals surface area (Å²) in [6, 6.07) is 13.7. The fourth-order valence-corrected chi connectivity index (χ4v) is 2.50. The van der Waals surface area contributed by atoms with Crippen LogP contribution in [0.25, 0.3) is 22.1 Å². The second-order valence-electron chi connectivity index (χ2n) is 5.31. The van der Waals surface area contributed by atoms with E-state index in [1.807, 2.05) is 43.3 Å². The molecule has 3 aromatic rings. The van der Waals surface area contributed by atoms with Crippen molar-refractivity contribution in [1.29, 1.82) is 0 Å². The maximum atomic E-state index is 11.7. The molecule has 0 fully saturated rings. The zero-order valence-electron chi connectivity index (χ0n) is 12.9. The number of benzene rings is 2. The van der Waals surface area contributed by atoms with Crippen LogP contribution in [0.15, 0.2) is 46.9 Å². The Morgan fingerprint density at radius 3 is 2.41 bits per heavy atom. The van der Waals surface area contributed by atoms with Crippen molar-refractivity contribution in [1.82, 2.24) is 5.32 Å². The number of aryl methyl sites for hydroxylation is 2. The summed E-state index contributed by atoms with van der Waals surface area (Å²) in [7, 11) is 1.58. The van der Waals surface area contributed by atoms with Crippen LogP contribution in [-0.2, 0) is 0 Å². The molecular formula is C18H18N2O2. The first kappa shape index (κ1) is 14.2. The van der Waals surface area contributed by atoms with Gasteiger partial charge >= 0.3 is 6.03 Å². The summed E-state index contributed by atoms with van der Waals surface area (Å²) in [5, 5.41) is 6.32. The van der Waals surface area contributed by atoms with Gasteiger partial charge in [0, 0.05) is 12.4 Å². The summed E-state index contributed by atoms with van der Waals surface area (Å²) in [6.07, 6.45) is 0. The van der Waals surface area contributed by atoms with Crippen LogP contribution in [0.4, 0.5) is 10.7 Å². The summed E-state index contributed by atoms with van der Waals surface area (Å²) >= 11 is 0. The van der Waals surface area contributed by atoms with Gasteiger partial charge in [-0.05, 0) is 42.7 Å². The third kappa shape index (κ3) is 2.44. The maximum Gasteiger partial charge on any atom is 0.321 e. The van der Waals surface area contributed by atoms with Crippen LogP contribution in [0.3, 0.4) is 0 Å². The molecule has 1 heterocycles. The minimum atomic E-state index is -0.301. The van der Waals surface area contributed by atoms with Gasteiger partial charge in [-0.1, -0.05) is 30.3 Å². The molecule has 3 rings (SSSR count). The Bertz CT molecular complexity index is 835. The van der Waals surface area contributed by atoms with Crippen molar-refractivity contribution in [2.75, 3.05) is 12.4 Å². The Kier molecular flexibility index (Phi) is 3.59. The summed E-state index contributed by atoms with van der Waals surface area (Å²) in [6.45, 7) is 4.12. The zero-order chi connectivity index (χ0) is 15.7. The molecule has 2 amide bonds. The summed E-state index contributed by atoms with van der Waals surface area (Å²) in [5.41, 5.74) is 5.04. The molecule has 112 valence electrons. The van der Waals surface area contributed by atoms with E-state index < -0.39 is 0 Å². The molecular weight excluding hydrogens is 276 g/mol. The number of rotatable bonds is 2. The Morgan fingerprint density at radius 2 is 1.73 bits per heavy atom. The number of fused-ring (bicyclic) bond motifs is 1. The van der Waals surface area contributed by atoms with E-state index in [9.17, 15) is 4.79 Å². The van der Waals surface area contributed by atoms with E-state index in [4.69, 9.17) is 4.42 Å². The van der Waals surface area contributed by atoms with Crippen molar-refractivity contribution < 1.29 is 9.21 Å². The van der Waals surface area contributed by atoms with Crippen LogP contribution in [0.1, 0.15) is 11.1 Å². The molecule has 1 aromatic heterocycles. The van der Waals surface area contributed by atoms with E-state index in [0.29, 0.717) is 5.88 Å². The number of anilines is 1. The molecule has 0 bridgehead atoms. The standard InChI is InChI=1S/C18H18N2O2/c1-11-9-14-15(10-12(11)2)22-17(20-18(21)19-3)16(14)13-7-5-4-6-8-13/h4-10H,1-3H3,(H2,19,20,21). The summed E-state index contributed by atoms with van der Waals surface area (Å²) in [5.74, 6) is 0.463. The minimum absolute atomic E-state index is 0.301. The molecule has 22 heavy (non-hydrogen) atoms. The maximum absolute atomic E-state index is 11.7. The Labute approximate surface area is 129 Å². The lowest BCUT2D eigenvalue weighted by Gasteiger charge is -2.05. The first-order chi connectivity index (χ1) is 10.6. The summed E-state index contributed by atoms with van der Waals surface area (Å²) in [4.78, 5) is 11.7. The van der Waals surface area contributed by atoms with Gasteiger partial charge in [0.15, 0.2) is 0 Å². The van der Waals surface area contributed by atoms with Crippen molar-refractivity contribution in [2.24, 2.45) is 0 Å². The molecule has 0 saturated heterocycles. The molecule has 0 atom stereocenters. The molecule has 0 aliphatic rings. The van der Waals surface area contributed by atoms with E-state index in [2.05, 4.69) is 23.6 Å².